The third kappa shape index (κ3) is 6.92. The molecule has 0 radical (unpaired) electrons. The van der Waals surface area contributed by atoms with Crippen molar-refractivity contribution in [3.63, 3.8) is 0 Å². The van der Waals surface area contributed by atoms with Crippen LogP contribution in [0, 0.1) is 5.82 Å². The Hall–Kier alpha value is -1.90. The van der Waals surface area contributed by atoms with E-state index < -0.39 is 0 Å². The third-order valence-electron chi connectivity index (χ3n) is 4.86. The minimum atomic E-state index is -0.171. The Morgan fingerprint density at radius 1 is 1.21 bits per heavy atom. The second kappa shape index (κ2) is 11.8. The van der Waals surface area contributed by atoms with Crippen LogP contribution in [0.25, 0.3) is 0 Å². The molecule has 0 bridgehead atoms. The lowest BCUT2D eigenvalue weighted by atomic mass is 10.1. The molecule has 1 aromatic carbocycles. The first-order valence-corrected chi connectivity index (χ1v) is 9.62. The first-order valence-electron chi connectivity index (χ1n) is 9.62. The summed E-state index contributed by atoms with van der Waals surface area (Å²) in [5.74, 6) is 1.72. The Morgan fingerprint density at radius 2 is 2.04 bits per heavy atom. The smallest absolute Gasteiger partial charge is 0.191 e. The van der Waals surface area contributed by atoms with E-state index in [1.165, 1.54) is 6.07 Å². The van der Waals surface area contributed by atoms with Gasteiger partial charge in [-0.3, -0.25) is 4.99 Å². The van der Waals surface area contributed by atoms with Crippen LogP contribution in [0.5, 0.6) is 0 Å². The maximum Gasteiger partial charge on any atom is 0.191 e. The maximum absolute atomic E-state index is 13.2. The molecular weight excluding hydrogens is 468 g/mol. The molecule has 1 aromatic heterocycles. The summed E-state index contributed by atoms with van der Waals surface area (Å²) in [5.41, 5.74) is 1.03. The molecule has 2 heterocycles. The molecule has 2 N–H and O–H groups in total. The van der Waals surface area contributed by atoms with Crippen LogP contribution < -0.4 is 15.5 Å². The quantitative estimate of drug-likeness (QED) is 0.277. The van der Waals surface area contributed by atoms with Gasteiger partial charge in [-0.1, -0.05) is 18.2 Å². The van der Waals surface area contributed by atoms with Crippen molar-refractivity contribution in [3.05, 3.63) is 60.0 Å². The van der Waals surface area contributed by atoms with Crippen molar-refractivity contribution >= 4 is 35.8 Å². The van der Waals surface area contributed by atoms with E-state index in [1.54, 1.807) is 19.2 Å². The van der Waals surface area contributed by atoms with E-state index >= 15 is 0 Å². The van der Waals surface area contributed by atoms with E-state index in [-0.39, 0.29) is 29.8 Å². The van der Waals surface area contributed by atoms with Gasteiger partial charge in [0.05, 0.1) is 0 Å². The van der Waals surface area contributed by atoms with Gasteiger partial charge in [-0.2, -0.15) is 0 Å². The monoisotopic (exact) mass is 497 g/mol. The number of halogens is 2. The van der Waals surface area contributed by atoms with Gasteiger partial charge in [0, 0.05) is 38.9 Å². The van der Waals surface area contributed by atoms with E-state index in [2.05, 4.69) is 31.6 Å². The molecule has 1 aliphatic rings. The average molecular weight is 497 g/mol. The molecule has 1 aliphatic heterocycles. The molecule has 152 valence electrons. The summed E-state index contributed by atoms with van der Waals surface area (Å²) < 4.78 is 13.2. The van der Waals surface area contributed by atoms with Crippen molar-refractivity contribution in [2.75, 3.05) is 31.6 Å². The summed E-state index contributed by atoms with van der Waals surface area (Å²) in [4.78, 5) is 11.1. The van der Waals surface area contributed by atoms with Gasteiger partial charge in [-0.15, -0.1) is 24.0 Å². The Bertz CT molecular complexity index is 733. The van der Waals surface area contributed by atoms with E-state index in [9.17, 15) is 4.39 Å². The van der Waals surface area contributed by atoms with Crippen LogP contribution in [0.2, 0.25) is 0 Å². The number of benzene rings is 1. The van der Waals surface area contributed by atoms with Gasteiger partial charge in [0.15, 0.2) is 5.96 Å². The van der Waals surface area contributed by atoms with E-state index in [0.29, 0.717) is 6.04 Å². The maximum atomic E-state index is 13.2. The van der Waals surface area contributed by atoms with Gasteiger partial charge < -0.3 is 15.5 Å². The Balaban J connectivity index is 0.00000280. The number of aliphatic imine (C=N–C) groups is 1. The number of guanidine groups is 1. The molecule has 3 rings (SSSR count). The SMILES string of the molecule is CN=C(NCCCc1cccc(F)c1)NC1CCN(c2ccccn2)CC1.I. The zero-order valence-electron chi connectivity index (χ0n) is 16.3. The Morgan fingerprint density at radius 3 is 2.71 bits per heavy atom. The van der Waals surface area contributed by atoms with Crippen molar-refractivity contribution in [1.82, 2.24) is 15.6 Å². The predicted molar refractivity (Wildman–Crippen MR) is 124 cm³/mol. The van der Waals surface area contributed by atoms with Crippen molar-refractivity contribution < 1.29 is 4.39 Å². The fraction of sp³-hybridized carbons (Fsp3) is 0.429. The van der Waals surface area contributed by atoms with Gasteiger partial charge in [0.1, 0.15) is 11.6 Å². The largest absolute Gasteiger partial charge is 0.356 e. The first kappa shape index (κ1) is 22.4. The van der Waals surface area contributed by atoms with Crippen molar-refractivity contribution in [2.45, 2.75) is 31.7 Å². The second-order valence-electron chi connectivity index (χ2n) is 6.83. The minimum Gasteiger partial charge on any atom is -0.356 e. The predicted octanol–water partition coefficient (Wildman–Crippen LogP) is 3.61. The zero-order valence-corrected chi connectivity index (χ0v) is 18.6. The summed E-state index contributed by atoms with van der Waals surface area (Å²) in [7, 11) is 1.80. The van der Waals surface area contributed by atoms with Crippen LogP contribution >= 0.6 is 24.0 Å². The van der Waals surface area contributed by atoms with Crippen LogP contribution in [0.3, 0.4) is 0 Å². The fourth-order valence-corrected chi connectivity index (χ4v) is 3.37. The van der Waals surface area contributed by atoms with Gasteiger partial charge in [0.2, 0.25) is 0 Å². The number of nitrogens with zero attached hydrogens (tertiary/aromatic N) is 3. The molecule has 0 aliphatic carbocycles. The number of aryl methyl sites for hydroxylation is 1. The summed E-state index contributed by atoms with van der Waals surface area (Å²) in [6, 6.07) is 13.3. The number of rotatable bonds is 6. The van der Waals surface area contributed by atoms with E-state index in [4.69, 9.17) is 0 Å². The van der Waals surface area contributed by atoms with Crippen molar-refractivity contribution in [3.8, 4) is 0 Å². The highest BCUT2D eigenvalue weighted by Gasteiger charge is 2.20. The summed E-state index contributed by atoms with van der Waals surface area (Å²) >= 11 is 0. The number of piperidine rings is 1. The number of anilines is 1. The average Bonchev–Trinajstić information content (AvgIpc) is 2.71. The first-order chi connectivity index (χ1) is 13.2. The number of hydrogen-bond acceptors (Lipinski definition) is 3. The van der Waals surface area contributed by atoms with Gasteiger partial charge >= 0.3 is 0 Å². The van der Waals surface area contributed by atoms with E-state index in [1.807, 2.05) is 24.4 Å². The lowest BCUT2D eigenvalue weighted by Gasteiger charge is -2.33. The molecule has 0 saturated carbocycles. The number of nitrogens with one attached hydrogen (secondary N) is 2. The molecule has 0 unspecified atom stereocenters. The lowest BCUT2D eigenvalue weighted by Crippen LogP contribution is -2.49. The molecular formula is C21H29FIN5. The van der Waals surface area contributed by atoms with Crippen LogP contribution in [-0.2, 0) is 6.42 Å². The number of hydrogen-bond donors (Lipinski definition) is 2. The highest BCUT2D eigenvalue weighted by atomic mass is 127. The van der Waals surface area contributed by atoms with Gasteiger partial charge in [-0.25, -0.2) is 9.37 Å². The van der Waals surface area contributed by atoms with Crippen LogP contribution in [0.15, 0.2) is 53.7 Å². The molecule has 2 aromatic rings. The highest BCUT2D eigenvalue weighted by molar-refractivity contribution is 14.0. The number of aromatic nitrogens is 1. The van der Waals surface area contributed by atoms with Crippen molar-refractivity contribution in [2.24, 2.45) is 4.99 Å². The summed E-state index contributed by atoms with van der Waals surface area (Å²) in [6.45, 7) is 2.79. The van der Waals surface area contributed by atoms with Crippen LogP contribution in [0.1, 0.15) is 24.8 Å². The molecule has 1 fully saturated rings. The van der Waals surface area contributed by atoms with Gasteiger partial charge in [-0.05, 0) is 55.5 Å². The fourth-order valence-electron chi connectivity index (χ4n) is 3.37. The highest BCUT2D eigenvalue weighted by Crippen LogP contribution is 2.17. The summed E-state index contributed by atoms with van der Waals surface area (Å²) in [5, 5.41) is 6.88. The van der Waals surface area contributed by atoms with E-state index in [0.717, 1.165) is 62.7 Å². The molecule has 7 heteroatoms. The zero-order chi connectivity index (χ0) is 18.9. The molecule has 5 nitrogen and oxygen atoms in total. The molecule has 0 spiro atoms. The van der Waals surface area contributed by atoms with Crippen LogP contribution in [-0.4, -0.2) is 43.7 Å². The normalized spacial score (nSPS) is 15.1. The Kier molecular flexibility index (Phi) is 9.46. The second-order valence-corrected chi connectivity index (χ2v) is 6.83. The standard InChI is InChI=1S/C21H28FN5.HI/c1-23-21(25-13-5-7-17-6-4-8-18(22)16-17)26-19-10-14-27(15-11-19)20-9-2-3-12-24-20;/h2-4,6,8-9,12,16,19H,5,7,10-11,13-15H2,1H3,(H2,23,25,26);1H. The molecule has 1 saturated heterocycles. The number of pyridine rings is 1. The third-order valence-corrected chi connectivity index (χ3v) is 4.86. The minimum absolute atomic E-state index is 0. The van der Waals surface area contributed by atoms with Crippen molar-refractivity contribution in [1.29, 1.82) is 0 Å². The summed E-state index contributed by atoms with van der Waals surface area (Å²) in [6.07, 6.45) is 5.74. The van der Waals surface area contributed by atoms with Crippen LogP contribution in [0.4, 0.5) is 10.2 Å². The molecule has 0 amide bonds. The topological polar surface area (TPSA) is 52.6 Å². The molecule has 28 heavy (non-hydrogen) atoms. The molecule has 0 atom stereocenters. The lowest BCUT2D eigenvalue weighted by molar-refractivity contribution is 0.459. The van der Waals surface area contributed by atoms with Gasteiger partial charge in [0.25, 0.3) is 0 Å². The Labute approximate surface area is 183 Å².